The molecule has 18 heavy (non-hydrogen) atoms. The van der Waals surface area contributed by atoms with Gasteiger partial charge in [0.25, 0.3) is 0 Å². The first-order chi connectivity index (χ1) is 8.54. The summed E-state index contributed by atoms with van der Waals surface area (Å²) >= 11 is 0. The lowest BCUT2D eigenvalue weighted by atomic mass is 10.0. The number of carbonyl (C=O) groups is 1. The van der Waals surface area contributed by atoms with Crippen molar-refractivity contribution in [2.24, 2.45) is 0 Å². The van der Waals surface area contributed by atoms with Crippen molar-refractivity contribution in [3.8, 4) is 0 Å². The van der Waals surface area contributed by atoms with E-state index in [0.717, 1.165) is 5.56 Å². The van der Waals surface area contributed by atoms with E-state index in [2.05, 4.69) is 26.0 Å². The van der Waals surface area contributed by atoms with Crippen LogP contribution in [0.25, 0.3) is 6.08 Å². The maximum atomic E-state index is 10.7. The topological polar surface area (TPSA) is 46.5 Å². The first-order valence-electron chi connectivity index (χ1n) is 5.80. The van der Waals surface area contributed by atoms with Crippen LogP contribution in [0.1, 0.15) is 30.9 Å². The van der Waals surface area contributed by atoms with Gasteiger partial charge in [0, 0.05) is 0 Å². The van der Waals surface area contributed by atoms with Crippen LogP contribution in [-0.2, 0) is 9.53 Å². The summed E-state index contributed by atoms with van der Waals surface area (Å²) in [5, 5.41) is 8.74. The highest BCUT2D eigenvalue weighted by Crippen LogP contribution is 2.15. The first kappa shape index (κ1) is 14.0. The molecular weight excluding hydrogens is 228 g/mol. The quantitative estimate of drug-likeness (QED) is 0.492. The fourth-order valence-electron chi connectivity index (χ4n) is 1.47. The van der Waals surface area contributed by atoms with Crippen LogP contribution in [-0.4, -0.2) is 18.2 Å². The maximum absolute atomic E-state index is 10.7. The Morgan fingerprint density at radius 2 is 1.89 bits per heavy atom. The number of hydrogen-bond donors (Lipinski definition) is 1. The summed E-state index contributed by atoms with van der Waals surface area (Å²) in [5.41, 5.74) is 2.31. The van der Waals surface area contributed by atoms with Gasteiger partial charge in [-0.05, 0) is 23.1 Å². The molecule has 0 amide bonds. The molecule has 0 unspecified atom stereocenters. The van der Waals surface area contributed by atoms with E-state index in [0.29, 0.717) is 5.92 Å². The largest absolute Gasteiger partial charge is 0.490 e. The number of carboxylic acids is 1. The van der Waals surface area contributed by atoms with Crippen molar-refractivity contribution in [3.63, 3.8) is 0 Å². The molecule has 0 saturated carbocycles. The molecule has 1 aromatic carbocycles. The molecule has 0 heterocycles. The van der Waals surface area contributed by atoms with E-state index >= 15 is 0 Å². The number of ether oxygens (including phenoxy) is 1. The number of hydrogen-bond acceptors (Lipinski definition) is 2. The van der Waals surface area contributed by atoms with E-state index in [-0.39, 0.29) is 5.76 Å². The van der Waals surface area contributed by atoms with Gasteiger partial charge in [0.15, 0.2) is 0 Å². The minimum absolute atomic E-state index is 0.0787. The highest BCUT2D eigenvalue weighted by molar-refractivity contribution is 5.84. The maximum Gasteiger partial charge on any atom is 0.371 e. The zero-order valence-corrected chi connectivity index (χ0v) is 10.9. The van der Waals surface area contributed by atoms with Gasteiger partial charge in [-0.1, -0.05) is 50.3 Å². The molecule has 0 bridgehead atoms. The smallest absolute Gasteiger partial charge is 0.371 e. The second kappa shape index (κ2) is 6.64. The predicted molar refractivity (Wildman–Crippen MR) is 72.3 cm³/mol. The molecule has 96 valence electrons. The summed E-state index contributed by atoms with van der Waals surface area (Å²) in [6.07, 6.45) is 4.93. The highest BCUT2D eigenvalue weighted by Gasteiger charge is 2.03. The summed E-state index contributed by atoms with van der Waals surface area (Å²) in [6, 6.07) is 8.16. The SMILES string of the molecule is CO/C(=C\C=C\c1ccc(C(C)C)cc1)C(=O)O. The summed E-state index contributed by atoms with van der Waals surface area (Å²) < 4.78 is 4.71. The van der Waals surface area contributed by atoms with Crippen LogP contribution in [0.5, 0.6) is 0 Å². The zero-order valence-electron chi connectivity index (χ0n) is 10.9. The molecule has 0 radical (unpaired) electrons. The van der Waals surface area contributed by atoms with Gasteiger partial charge in [-0.25, -0.2) is 4.79 Å². The van der Waals surface area contributed by atoms with Crippen molar-refractivity contribution >= 4 is 12.0 Å². The van der Waals surface area contributed by atoms with Crippen LogP contribution >= 0.6 is 0 Å². The number of benzene rings is 1. The van der Waals surface area contributed by atoms with Gasteiger partial charge in [0.05, 0.1) is 7.11 Å². The lowest BCUT2D eigenvalue weighted by Gasteiger charge is -2.04. The summed E-state index contributed by atoms with van der Waals surface area (Å²) in [6.45, 7) is 4.29. The summed E-state index contributed by atoms with van der Waals surface area (Å²) in [7, 11) is 1.34. The fourth-order valence-corrected chi connectivity index (χ4v) is 1.47. The van der Waals surface area contributed by atoms with Gasteiger partial charge in [-0.15, -0.1) is 0 Å². The Hall–Kier alpha value is -2.03. The molecule has 0 aliphatic rings. The summed E-state index contributed by atoms with van der Waals surface area (Å²) in [4.78, 5) is 10.7. The molecule has 3 heteroatoms. The van der Waals surface area contributed by atoms with Crippen LogP contribution in [0, 0.1) is 0 Å². The van der Waals surface area contributed by atoms with Crippen molar-refractivity contribution in [2.45, 2.75) is 19.8 Å². The van der Waals surface area contributed by atoms with E-state index in [1.807, 2.05) is 18.2 Å². The second-order valence-electron chi connectivity index (χ2n) is 4.22. The van der Waals surface area contributed by atoms with Crippen molar-refractivity contribution in [3.05, 3.63) is 53.3 Å². The molecule has 0 saturated heterocycles. The lowest BCUT2D eigenvalue weighted by Crippen LogP contribution is -2.01. The average molecular weight is 246 g/mol. The molecule has 0 fully saturated rings. The molecule has 1 N–H and O–H groups in total. The van der Waals surface area contributed by atoms with Crippen molar-refractivity contribution < 1.29 is 14.6 Å². The molecule has 3 nitrogen and oxygen atoms in total. The van der Waals surface area contributed by atoms with Crippen LogP contribution in [0.2, 0.25) is 0 Å². The molecule has 1 rings (SSSR count). The van der Waals surface area contributed by atoms with Crippen LogP contribution in [0.3, 0.4) is 0 Å². The third kappa shape index (κ3) is 4.09. The van der Waals surface area contributed by atoms with Crippen molar-refractivity contribution in [1.29, 1.82) is 0 Å². The van der Waals surface area contributed by atoms with E-state index in [1.54, 1.807) is 6.08 Å². The van der Waals surface area contributed by atoms with Gasteiger partial charge >= 0.3 is 5.97 Å². The third-order valence-corrected chi connectivity index (χ3v) is 2.57. The standard InChI is InChI=1S/C15H18O3/c1-11(2)13-9-7-12(8-10-13)5-4-6-14(18-3)15(16)17/h4-11H,1-3H3,(H,16,17)/b5-4+,14-6-. The van der Waals surface area contributed by atoms with E-state index in [4.69, 9.17) is 9.84 Å². The zero-order chi connectivity index (χ0) is 13.5. The Balaban J connectivity index is 2.76. The molecule has 0 spiro atoms. The predicted octanol–water partition coefficient (Wildman–Crippen LogP) is 3.44. The molecule has 0 aromatic heterocycles. The number of carboxylic acid groups (broad SMARTS) is 1. The Bertz CT molecular complexity index is 453. The lowest BCUT2D eigenvalue weighted by molar-refractivity contribution is -0.136. The minimum Gasteiger partial charge on any atom is -0.490 e. The number of methoxy groups -OCH3 is 1. The van der Waals surface area contributed by atoms with Crippen LogP contribution in [0.4, 0.5) is 0 Å². The number of allylic oxidation sites excluding steroid dienone is 2. The Labute approximate surface area is 107 Å². The van der Waals surface area contributed by atoms with Crippen molar-refractivity contribution in [2.75, 3.05) is 7.11 Å². The van der Waals surface area contributed by atoms with Crippen molar-refractivity contribution in [1.82, 2.24) is 0 Å². The second-order valence-corrected chi connectivity index (χ2v) is 4.22. The molecule has 0 atom stereocenters. The first-order valence-corrected chi connectivity index (χ1v) is 5.80. The number of aliphatic carboxylic acids is 1. The van der Waals surface area contributed by atoms with Crippen LogP contribution in [0.15, 0.2) is 42.2 Å². The fraction of sp³-hybridized carbons (Fsp3) is 0.267. The molecule has 0 aliphatic heterocycles. The third-order valence-electron chi connectivity index (χ3n) is 2.57. The van der Waals surface area contributed by atoms with Gasteiger partial charge in [0.2, 0.25) is 5.76 Å². The van der Waals surface area contributed by atoms with E-state index in [9.17, 15) is 4.79 Å². The van der Waals surface area contributed by atoms with Gasteiger partial charge in [0.1, 0.15) is 0 Å². The highest BCUT2D eigenvalue weighted by atomic mass is 16.5. The van der Waals surface area contributed by atoms with Gasteiger partial charge in [-0.2, -0.15) is 0 Å². The summed E-state index contributed by atoms with van der Waals surface area (Å²) in [5.74, 6) is -0.641. The Morgan fingerprint density at radius 3 is 2.33 bits per heavy atom. The molecular formula is C15H18O3. The monoisotopic (exact) mass is 246 g/mol. The molecule has 1 aromatic rings. The Morgan fingerprint density at radius 1 is 1.28 bits per heavy atom. The molecule has 0 aliphatic carbocycles. The minimum atomic E-state index is -1.07. The van der Waals surface area contributed by atoms with E-state index in [1.165, 1.54) is 18.7 Å². The van der Waals surface area contributed by atoms with Gasteiger partial charge < -0.3 is 9.84 Å². The number of rotatable bonds is 5. The van der Waals surface area contributed by atoms with Gasteiger partial charge in [-0.3, -0.25) is 0 Å². The average Bonchev–Trinajstić information content (AvgIpc) is 2.34. The van der Waals surface area contributed by atoms with Crippen LogP contribution < -0.4 is 0 Å². The van der Waals surface area contributed by atoms with E-state index < -0.39 is 5.97 Å². The Kier molecular flexibility index (Phi) is 5.18. The normalized spacial score (nSPS) is 12.1.